The van der Waals surface area contributed by atoms with Gasteiger partial charge in [-0.25, -0.2) is 0 Å². The maximum atomic E-state index is 9.19. The molecule has 0 aromatic heterocycles. The molecule has 1 fully saturated rings. The molecule has 0 aliphatic carbocycles. The van der Waals surface area contributed by atoms with E-state index in [-0.39, 0.29) is 5.41 Å². The monoisotopic (exact) mass is 322 g/mol. The Morgan fingerprint density at radius 3 is 2.68 bits per heavy atom. The van der Waals surface area contributed by atoms with E-state index >= 15 is 0 Å². The van der Waals surface area contributed by atoms with Crippen LogP contribution in [0.25, 0.3) is 0 Å². The lowest BCUT2D eigenvalue weighted by atomic mass is 9.82. The minimum absolute atomic E-state index is 0.246. The summed E-state index contributed by atoms with van der Waals surface area (Å²) >= 11 is 3.66. The lowest BCUT2D eigenvalue weighted by Crippen LogP contribution is -2.41. The van der Waals surface area contributed by atoms with Gasteiger partial charge in [-0.05, 0) is 25.0 Å². The summed E-state index contributed by atoms with van der Waals surface area (Å²) in [7, 11) is 2.07. The Balaban J connectivity index is 2.15. The number of ether oxygens (including phenoxy) is 1. The third-order valence-electron chi connectivity index (χ3n) is 3.85. The van der Waals surface area contributed by atoms with Crippen molar-refractivity contribution in [3.05, 3.63) is 29.8 Å². The summed E-state index contributed by atoms with van der Waals surface area (Å²) in [5.41, 5.74) is 1.99. The molecule has 0 amide bonds. The molecule has 19 heavy (non-hydrogen) atoms. The minimum atomic E-state index is 0.246. The van der Waals surface area contributed by atoms with Crippen LogP contribution in [0.2, 0.25) is 0 Å². The molecule has 1 aromatic rings. The van der Waals surface area contributed by atoms with Crippen molar-refractivity contribution in [2.24, 2.45) is 5.41 Å². The Kier molecular flexibility index (Phi) is 4.84. The highest BCUT2D eigenvalue weighted by molar-refractivity contribution is 9.09. The smallest absolute Gasteiger partial charge is 0.101 e. The summed E-state index contributed by atoms with van der Waals surface area (Å²) in [6.07, 6.45) is 2.13. The molecule has 1 aromatic carbocycles. The van der Waals surface area contributed by atoms with Gasteiger partial charge in [0.05, 0.1) is 11.3 Å². The number of nitriles is 1. The van der Waals surface area contributed by atoms with Crippen molar-refractivity contribution in [2.45, 2.75) is 12.8 Å². The summed E-state index contributed by atoms with van der Waals surface area (Å²) < 4.78 is 5.47. The van der Waals surface area contributed by atoms with Crippen molar-refractivity contribution in [3.8, 4) is 6.07 Å². The van der Waals surface area contributed by atoms with Crippen LogP contribution in [0.3, 0.4) is 0 Å². The molecular weight excluding hydrogens is 304 g/mol. The number of nitrogens with zero attached hydrogens (tertiary/aromatic N) is 2. The molecule has 0 N–H and O–H groups in total. The number of alkyl halides is 1. The highest BCUT2D eigenvalue weighted by Gasteiger charge is 2.33. The summed E-state index contributed by atoms with van der Waals surface area (Å²) in [6, 6.07) is 10.0. The predicted molar refractivity (Wildman–Crippen MR) is 80.7 cm³/mol. The van der Waals surface area contributed by atoms with E-state index in [0.29, 0.717) is 0 Å². The highest BCUT2D eigenvalue weighted by atomic mass is 79.9. The van der Waals surface area contributed by atoms with Gasteiger partial charge >= 0.3 is 0 Å². The summed E-state index contributed by atoms with van der Waals surface area (Å²) in [6.45, 7) is 2.61. The fraction of sp³-hybridized carbons (Fsp3) is 0.533. The van der Waals surface area contributed by atoms with Crippen LogP contribution >= 0.6 is 15.9 Å². The maximum absolute atomic E-state index is 9.19. The number of halogens is 1. The van der Waals surface area contributed by atoms with E-state index in [2.05, 4.69) is 33.9 Å². The first-order chi connectivity index (χ1) is 9.21. The molecular formula is C15H19BrN2O. The van der Waals surface area contributed by atoms with Crippen LogP contribution in [0.15, 0.2) is 24.3 Å². The molecule has 1 aliphatic heterocycles. The minimum Gasteiger partial charge on any atom is -0.381 e. The standard InChI is InChI=1S/C15H19BrN2O/c1-18(14-5-3-2-4-13(14)10-17)12-15(11-16)6-8-19-9-7-15/h2-5H,6-9,11-12H2,1H3. The largest absolute Gasteiger partial charge is 0.381 e. The molecule has 2 rings (SSSR count). The Hall–Kier alpha value is -1.05. The van der Waals surface area contributed by atoms with Crippen LogP contribution in [0.4, 0.5) is 5.69 Å². The van der Waals surface area contributed by atoms with Gasteiger partial charge in [-0.3, -0.25) is 0 Å². The molecule has 1 aliphatic rings. The molecule has 0 atom stereocenters. The van der Waals surface area contributed by atoms with Gasteiger partial charge in [0.2, 0.25) is 0 Å². The van der Waals surface area contributed by atoms with Crippen LogP contribution < -0.4 is 4.90 Å². The van der Waals surface area contributed by atoms with E-state index in [1.165, 1.54) is 0 Å². The molecule has 0 radical (unpaired) electrons. The van der Waals surface area contributed by atoms with E-state index in [4.69, 9.17) is 4.74 Å². The molecule has 102 valence electrons. The third-order valence-corrected chi connectivity index (χ3v) is 5.03. The van der Waals surface area contributed by atoms with Gasteiger partial charge in [0.1, 0.15) is 6.07 Å². The number of benzene rings is 1. The van der Waals surface area contributed by atoms with Crippen molar-refractivity contribution in [1.82, 2.24) is 0 Å². The van der Waals surface area contributed by atoms with Crippen molar-refractivity contribution in [2.75, 3.05) is 37.0 Å². The zero-order valence-electron chi connectivity index (χ0n) is 11.2. The highest BCUT2D eigenvalue weighted by Crippen LogP contribution is 2.34. The van der Waals surface area contributed by atoms with E-state index in [1.54, 1.807) is 0 Å². The van der Waals surface area contributed by atoms with Crippen molar-refractivity contribution < 1.29 is 4.74 Å². The Morgan fingerprint density at radius 1 is 1.37 bits per heavy atom. The first kappa shape index (κ1) is 14.4. The second-order valence-corrected chi connectivity index (χ2v) is 5.79. The summed E-state index contributed by atoms with van der Waals surface area (Å²) in [5, 5.41) is 10.2. The maximum Gasteiger partial charge on any atom is 0.101 e. The van der Waals surface area contributed by atoms with Crippen molar-refractivity contribution in [3.63, 3.8) is 0 Å². The fourth-order valence-electron chi connectivity index (χ4n) is 2.63. The van der Waals surface area contributed by atoms with Crippen LogP contribution in [0.1, 0.15) is 18.4 Å². The van der Waals surface area contributed by atoms with E-state index in [1.807, 2.05) is 24.3 Å². The summed E-state index contributed by atoms with van der Waals surface area (Å²) in [4.78, 5) is 2.20. The van der Waals surface area contributed by atoms with E-state index in [9.17, 15) is 5.26 Å². The molecule has 0 unspecified atom stereocenters. The first-order valence-corrected chi connectivity index (χ1v) is 7.67. The molecule has 0 spiro atoms. The number of rotatable bonds is 4. The topological polar surface area (TPSA) is 36.3 Å². The van der Waals surface area contributed by atoms with Crippen LogP contribution in [0, 0.1) is 16.7 Å². The fourth-order valence-corrected chi connectivity index (χ4v) is 3.37. The van der Waals surface area contributed by atoms with Gasteiger partial charge in [0.25, 0.3) is 0 Å². The first-order valence-electron chi connectivity index (χ1n) is 6.55. The molecule has 4 heteroatoms. The van der Waals surface area contributed by atoms with Gasteiger partial charge in [-0.2, -0.15) is 5.26 Å². The summed E-state index contributed by atoms with van der Waals surface area (Å²) in [5.74, 6) is 0. The third kappa shape index (κ3) is 3.29. The molecule has 3 nitrogen and oxygen atoms in total. The Bertz CT molecular complexity index is 463. The molecule has 0 bridgehead atoms. The van der Waals surface area contributed by atoms with E-state index < -0.39 is 0 Å². The average Bonchev–Trinajstić information content (AvgIpc) is 2.48. The Labute approximate surface area is 123 Å². The van der Waals surface area contributed by atoms with E-state index in [0.717, 1.165) is 49.2 Å². The quantitative estimate of drug-likeness (QED) is 0.799. The SMILES string of the molecule is CN(CC1(CBr)CCOCC1)c1ccccc1C#N. The van der Waals surface area contributed by atoms with Crippen molar-refractivity contribution >= 4 is 21.6 Å². The average molecular weight is 323 g/mol. The second kappa shape index (κ2) is 6.40. The molecule has 1 saturated heterocycles. The van der Waals surface area contributed by atoms with Crippen molar-refractivity contribution in [1.29, 1.82) is 5.26 Å². The number of para-hydroxylation sites is 1. The lowest BCUT2D eigenvalue weighted by Gasteiger charge is -2.39. The van der Waals surface area contributed by atoms with Gasteiger partial charge in [0, 0.05) is 37.6 Å². The van der Waals surface area contributed by atoms with Crippen LogP contribution in [-0.4, -0.2) is 32.1 Å². The number of hydrogen-bond donors (Lipinski definition) is 0. The number of anilines is 1. The predicted octanol–water partition coefficient (Wildman–Crippen LogP) is 3.19. The zero-order valence-corrected chi connectivity index (χ0v) is 12.8. The van der Waals surface area contributed by atoms with Crippen LogP contribution in [0.5, 0.6) is 0 Å². The Morgan fingerprint density at radius 2 is 2.05 bits per heavy atom. The van der Waals surface area contributed by atoms with Gasteiger partial charge in [-0.1, -0.05) is 28.1 Å². The van der Waals surface area contributed by atoms with Gasteiger partial charge in [0.15, 0.2) is 0 Å². The number of hydrogen-bond acceptors (Lipinski definition) is 3. The van der Waals surface area contributed by atoms with Gasteiger partial charge in [-0.15, -0.1) is 0 Å². The molecule has 1 heterocycles. The molecule has 0 saturated carbocycles. The van der Waals surface area contributed by atoms with Crippen LogP contribution in [-0.2, 0) is 4.74 Å². The van der Waals surface area contributed by atoms with Gasteiger partial charge < -0.3 is 9.64 Å². The normalized spacial score (nSPS) is 17.7. The zero-order chi connectivity index (χ0) is 13.7. The lowest BCUT2D eigenvalue weighted by molar-refractivity contribution is 0.0304. The second-order valence-electron chi connectivity index (χ2n) is 5.23.